The van der Waals surface area contributed by atoms with E-state index in [0.29, 0.717) is 27.2 Å². The first-order valence-corrected chi connectivity index (χ1v) is 6.87. The molecule has 1 unspecified atom stereocenters. The van der Waals surface area contributed by atoms with E-state index >= 15 is 0 Å². The zero-order chi connectivity index (χ0) is 15.8. The highest BCUT2D eigenvalue weighted by Gasteiger charge is 2.34. The molecule has 0 saturated carbocycles. The predicted octanol–water partition coefficient (Wildman–Crippen LogP) is 5.34. The number of rotatable bonds is 2. The van der Waals surface area contributed by atoms with Crippen LogP contribution in [0.2, 0.25) is 5.02 Å². The van der Waals surface area contributed by atoms with E-state index in [2.05, 4.69) is 15.9 Å². The minimum atomic E-state index is -4.77. The first kappa shape index (κ1) is 16.3. The van der Waals surface area contributed by atoms with Crippen molar-refractivity contribution in [3.8, 4) is 0 Å². The fourth-order valence-corrected chi connectivity index (χ4v) is 2.32. The molecule has 1 N–H and O–H groups in total. The SMILES string of the molecule is OC(c1ccc(C(F)(F)F)c(F)c1)c1ccc(Cl)c(Br)c1. The second-order valence-electron chi connectivity index (χ2n) is 4.31. The summed E-state index contributed by atoms with van der Waals surface area (Å²) in [4.78, 5) is 0. The Bertz CT molecular complexity index is 673. The molecule has 0 aliphatic heterocycles. The smallest absolute Gasteiger partial charge is 0.384 e. The summed E-state index contributed by atoms with van der Waals surface area (Å²) in [5, 5.41) is 10.5. The molecule has 0 aliphatic carbocycles. The normalized spacial score (nSPS) is 13.3. The molecule has 0 heterocycles. The quantitative estimate of drug-likeness (QED) is 0.694. The zero-order valence-electron chi connectivity index (χ0n) is 10.3. The molecule has 0 spiro atoms. The van der Waals surface area contributed by atoms with Crippen LogP contribution in [0.1, 0.15) is 22.8 Å². The topological polar surface area (TPSA) is 20.2 Å². The van der Waals surface area contributed by atoms with E-state index in [9.17, 15) is 22.7 Å². The maximum Gasteiger partial charge on any atom is 0.419 e. The molecule has 0 radical (unpaired) electrons. The Morgan fingerprint density at radius 2 is 1.62 bits per heavy atom. The Balaban J connectivity index is 2.38. The fraction of sp³-hybridized carbons (Fsp3) is 0.143. The van der Waals surface area contributed by atoms with Crippen LogP contribution in [0.3, 0.4) is 0 Å². The van der Waals surface area contributed by atoms with Crippen molar-refractivity contribution < 1.29 is 22.7 Å². The number of hydrogen-bond acceptors (Lipinski definition) is 1. The molecule has 2 aromatic carbocycles. The van der Waals surface area contributed by atoms with E-state index in [1.54, 1.807) is 0 Å². The largest absolute Gasteiger partial charge is 0.419 e. The molecule has 1 nitrogen and oxygen atoms in total. The van der Waals surface area contributed by atoms with Crippen molar-refractivity contribution >= 4 is 27.5 Å². The number of aliphatic hydroxyl groups excluding tert-OH is 1. The zero-order valence-corrected chi connectivity index (χ0v) is 12.6. The van der Waals surface area contributed by atoms with Crippen molar-refractivity contribution in [2.24, 2.45) is 0 Å². The summed E-state index contributed by atoms with van der Waals surface area (Å²) in [6, 6.07) is 6.87. The minimum Gasteiger partial charge on any atom is -0.384 e. The molecular formula is C14H8BrClF4O. The standard InChI is InChI=1S/C14H8BrClF4O/c15-10-5-7(2-4-11(10)16)13(21)8-1-3-9(12(17)6-8)14(18,19)20/h1-6,13,21H. The lowest BCUT2D eigenvalue weighted by Crippen LogP contribution is -2.09. The first-order chi connectivity index (χ1) is 9.70. The van der Waals surface area contributed by atoms with Gasteiger partial charge >= 0.3 is 6.18 Å². The number of benzene rings is 2. The summed E-state index contributed by atoms with van der Waals surface area (Å²) in [6.45, 7) is 0. The van der Waals surface area contributed by atoms with Gasteiger partial charge in [0.05, 0.1) is 10.6 Å². The van der Waals surface area contributed by atoms with Crippen LogP contribution < -0.4 is 0 Å². The summed E-state index contributed by atoms with van der Waals surface area (Å²) in [6.07, 6.45) is -6.02. The second-order valence-corrected chi connectivity index (χ2v) is 5.57. The van der Waals surface area contributed by atoms with E-state index in [1.807, 2.05) is 0 Å². The number of hydrogen-bond donors (Lipinski definition) is 1. The molecule has 0 saturated heterocycles. The monoisotopic (exact) mass is 382 g/mol. The van der Waals surface area contributed by atoms with Gasteiger partial charge in [0.2, 0.25) is 0 Å². The predicted molar refractivity (Wildman–Crippen MR) is 74.6 cm³/mol. The van der Waals surface area contributed by atoms with E-state index in [-0.39, 0.29) is 5.56 Å². The maximum absolute atomic E-state index is 13.5. The number of halogens is 6. The van der Waals surface area contributed by atoms with Crippen molar-refractivity contribution in [2.45, 2.75) is 12.3 Å². The van der Waals surface area contributed by atoms with Crippen LogP contribution in [-0.2, 0) is 6.18 Å². The molecule has 0 fully saturated rings. The summed E-state index contributed by atoms with van der Waals surface area (Å²) < 4.78 is 51.5. The summed E-state index contributed by atoms with van der Waals surface area (Å²) >= 11 is 8.99. The van der Waals surface area contributed by atoms with Gasteiger partial charge in [-0.2, -0.15) is 13.2 Å². The van der Waals surface area contributed by atoms with E-state index < -0.39 is 23.7 Å². The van der Waals surface area contributed by atoms with Gasteiger partial charge in [-0.25, -0.2) is 4.39 Å². The van der Waals surface area contributed by atoms with Crippen LogP contribution >= 0.6 is 27.5 Å². The Hall–Kier alpha value is -1.11. The highest BCUT2D eigenvalue weighted by Crippen LogP contribution is 2.34. The van der Waals surface area contributed by atoms with Crippen LogP contribution in [0, 0.1) is 5.82 Å². The third-order valence-corrected chi connectivity index (χ3v) is 4.09. The third kappa shape index (κ3) is 3.56. The van der Waals surface area contributed by atoms with Crippen molar-refractivity contribution in [1.82, 2.24) is 0 Å². The molecule has 0 aliphatic rings. The van der Waals surface area contributed by atoms with Crippen molar-refractivity contribution in [3.05, 3.63) is 68.4 Å². The molecule has 0 aromatic heterocycles. The molecule has 0 bridgehead atoms. The van der Waals surface area contributed by atoms with E-state index in [1.165, 1.54) is 18.2 Å². The van der Waals surface area contributed by atoms with Gasteiger partial charge in [-0.15, -0.1) is 0 Å². The molecule has 112 valence electrons. The van der Waals surface area contributed by atoms with Gasteiger partial charge in [0.15, 0.2) is 0 Å². The van der Waals surface area contributed by atoms with Gasteiger partial charge in [0.25, 0.3) is 0 Å². The Morgan fingerprint density at radius 3 is 2.14 bits per heavy atom. The Labute approximate surface area is 131 Å². The highest BCUT2D eigenvalue weighted by molar-refractivity contribution is 9.10. The lowest BCUT2D eigenvalue weighted by atomic mass is 10.00. The van der Waals surface area contributed by atoms with Gasteiger partial charge < -0.3 is 5.11 Å². The maximum atomic E-state index is 13.5. The van der Waals surface area contributed by atoms with Crippen LogP contribution in [0.4, 0.5) is 17.6 Å². The lowest BCUT2D eigenvalue weighted by Gasteiger charge is -2.14. The summed E-state index contributed by atoms with van der Waals surface area (Å²) in [7, 11) is 0. The molecule has 21 heavy (non-hydrogen) atoms. The average molecular weight is 384 g/mol. The van der Waals surface area contributed by atoms with Crippen molar-refractivity contribution in [2.75, 3.05) is 0 Å². The van der Waals surface area contributed by atoms with Gasteiger partial charge in [-0.3, -0.25) is 0 Å². The average Bonchev–Trinajstić information content (AvgIpc) is 2.39. The van der Waals surface area contributed by atoms with Crippen molar-refractivity contribution in [1.29, 1.82) is 0 Å². The number of aliphatic hydroxyl groups is 1. The van der Waals surface area contributed by atoms with Crippen LogP contribution in [0.15, 0.2) is 40.9 Å². The minimum absolute atomic E-state index is 0.0229. The Kier molecular flexibility index (Phi) is 4.60. The van der Waals surface area contributed by atoms with Gasteiger partial charge in [0.1, 0.15) is 11.9 Å². The van der Waals surface area contributed by atoms with Crippen LogP contribution in [0.25, 0.3) is 0 Å². The Morgan fingerprint density at radius 1 is 1.05 bits per heavy atom. The van der Waals surface area contributed by atoms with Crippen molar-refractivity contribution in [3.63, 3.8) is 0 Å². The summed E-state index contributed by atoms with van der Waals surface area (Å²) in [5.41, 5.74) is -0.962. The molecule has 2 aromatic rings. The highest BCUT2D eigenvalue weighted by atomic mass is 79.9. The van der Waals surface area contributed by atoms with Gasteiger partial charge in [-0.1, -0.05) is 23.7 Å². The molecule has 2 rings (SSSR count). The molecule has 7 heteroatoms. The first-order valence-electron chi connectivity index (χ1n) is 5.70. The summed E-state index contributed by atoms with van der Waals surface area (Å²) in [5.74, 6) is -1.42. The van der Waals surface area contributed by atoms with Crippen LogP contribution in [-0.4, -0.2) is 5.11 Å². The molecular weight excluding hydrogens is 376 g/mol. The third-order valence-electron chi connectivity index (χ3n) is 2.87. The fourth-order valence-electron chi connectivity index (χ4n) is 1.81. The van der Waals surface area contributed by atoms with E-state index in [4.69, 9.17) is 11.6 Å². The second kappa shape index (κ2) is 5.94. The van der Waals surface area contributed by atoms with Gasteiger partial charge in [0, 0.05) is 4.47 Å². The lowest BCUT2D eigenvalue weighted by molar-refractivity contribution is -0.140. The molecule has 0 amide bonds. The molecule has 1 atom stereocenters. The van der Waals surface area contributed by atoms with Gasteiger partial charge in [-0.05, 0) is 51.3 Å². The number of alkyl halides is 3. The van der Waals surface area contributed by atoms with Crippen LogP contribution in [0.5, 0.6) is 0 Å². The van der Waals surface area contributed by atoms with E-state index in [0.717, 1.165) is 6.07 Å².